The van der Waals surface area contributed by atoms with Crippen molar-refractivity contribution in [2.24, 2.45) is 0 Å². The third-order valence-electron chi connectivity index (χ3n) is 0.515. The molecule has 7 heavy (non-hydrogen) atoms. The van der Waals surface area contributed by atoms with Crippen LogP contribution >= 0.6 is 11.8 Å². The molecule has 0 aliphatic heterocycles. The van der Waals surface area contributed by atoms with Crippen molar-refractivity contribution in [1.82, 2.24) is 0 Å². The van der Waals surface area contributed by atoms with Gasteiger partial charge in [0.1, 0.15) is 0 Å². The molecule has 0 aliphatic carbocycles. The molecule has 1 nitrogen and oxygen atoms in total. The van der Waals surface area contributed by atoms with Crippen LogP contribution in [-0.4, -0.2) is 13.4 Å². The van der Waals surface area contributed by atoms with Gasteiger partial charge in [0.25, 0.3) is 0 Å². The Bertz CT molecular complexity index is 86.3. The molecule has 0 saturated heterocycles. The summed E-state index contributed by atoms with van der Waals surface area (Å²) in [6, 6.07) is 0. The van der Waals surface area contributed by atoms with Crippen molar-refractivity contribution >= 4 is 11.8 Å². The molecule has 2 heteroatoms. The highest BCUT2D eigenvalue weighted by Crippen LogP contribution is 2.07. The minimum atomic E-state index is 0.736. The molecule has 0 unspecified atom stereocenters. The van der Waals surface area contributed by atoms with Crippen molar-refractivity contribution in [3.05, 3.63) is 17.4 Å². The lowest BCUT2D eigenvalue weighted by Crippen LogP contribution is -1.73. The second-order valence-electron chi connectivity index (χ2n) is 0.872. The normalized spacial score (nSPS) is 7.14. The molecular formula is C5H8OS. The van der Waals surface area contributed by atoms with E-state index in [1.54, 1.807) is 7.11 Å². The average molecular weight is 116 g/mol. The molecule has 0 fully saturated rings. The zero-order chi connectivity index (χ0) is 5.70. The summed E-state index contributed by atoms with van der Waals surface area (Å²) < 4.78 is 4.75. The van der Waals surface area contributed by atoms with Crippen molar-refractivity contribution in [3.63, 3.8) is 0 Å². The van der Waals surface area contributed by atoms with Crippen LogP contribution in [-0.2, 0) is 4.74 Å². The smallest absolute Gasteiger partial charge is 0.196 e. The van der Waals surface area contributed by atoms with Gasteiger partial charge in [-0.25, -0.2) is 0 Å². The Labute approximate surface area is 48.1 Å². The SMILES string of the molecule is C=C=C(OC)SC. The van der Waals surface area contributed by atoms with E-state index < -0.39 is 0 Å². The Balaban J connectivity index is 3.61. The number of methoxy groups -OCH3 is 1. The van der Waals surface area contributed by atoms with Gasteiger partial charge in [0.2, 0.25) is 0 Å². The minimum Gasteiger partial charge on any atom is -0.484 e. The first kappa shape index (κ1) is 6.67. The lowest BCUT2D eigenvalue weighted by atomic mass is 10.9. The predicted octanol–water partition coefficient (Wildman–Crippen LogP) is 1.62. The molecule has 0 atom stereocenters. The van der Waals surface area contributed by atoms with Gasteiger partial charge in [-0.3, -0.25) is 0 Å². The average Bonchev–Trinajstić information content (AvgIpc) is 1.72. The summed E-state index contributed by atoms with van der Waals surface area (Å²) in [6.45, 7) is 3.39. The summed E-state index contributed by atoms with van der Waals surface area (Å²) in [4.78, 5) is 0. The standard InChI is InChI=1S/C5H8OS/c1-4-5(6-2)7-3/h1H2,2-3H3. The number of hydrogen-bond acceptors (Lipinski definition) is 2. The van der Waals surface area contributed by atoms with Gasteiger partial charge >= 0.3 is 0 Å². The predicted molar refractivity (Wildman–Crippen MR) is 33.2 cm³/mol. The van der Waals surface area contributed by atoms with Crippen molar-refractivity contribution in [1.29, 1.82) is 0 Å². The van der Waals surface area contributed by atoms with E-state index in [4.69, 9.17) is 4.74 Å². The second kappa shape index (κ2) is 3.85. The Morgan fingerprint density at radius 3 is 2.43 bits per heavy atom. The van der Waals surface area contributed by atoms with Crippen LogP contribution in [0.4, 0.5) is 0 Å². The molecule has 0 aromatic heterocycles. The van der Waals surface area contributed by atoms with Gasteiger partial charge in [-0.1, -0.05) is 24.1 Å². The van der Waals surface area contributed by atoms with Gasteiger partial charge in [0.15, 0.2) is 5.09 Å². The topological polar surface area (TPSA) is 9.23 Å². The summed E-state index contributed by atoms with van der Waals surface area (Å²) >= 11 is 1.49. The monoisotopic (exact) mass is 116 g/mol. The third kappa shape index (κ3) is 2.38. The summed E-state index contributed by atoms with van der Waals surface area (Å²) in [5.74, 6) is 0. The maximum absolute atomic E-state index is 4.75. The van der Waals surface area contributed by atoms with E-state index in [1.807, 2.05) is 6.26 Å². The van der Waals surface area contributed by atoms with E-state index in [0.717, 1.165) is 5.09 Å². The Morgan fingerprint density at radius 1 is 1.86 bits per heavy atom. The van der Waals surface area contributed by atoms with Crippen LogP contribution in [0.5, 0.6) is 0 Å². The largest absolute Gasteiger partial charge is 0.484 e. The van der Waals surface area contributed by atoms with E-state index >= 15 is 0 Å². The summed E-state index contributed by atoms with van der Waals surface area (Å²) in [6.07, 6.45) is 1.91. The first-order chi connectivity index (χ1) is 3.35. The maximum Gasteiger partial charge on any atom is 0.196 e. The molecule has 0 aromatic carbocycles. The van der Waals surface area contributed by atoms with Crippen LogP contribution in [0.2, 0.25) is 0 Å². The van der Waals surface area contributed by atoms with E-state index in [2.05, 4.69) is 12.3 Å². The zero-order valence-electron chi connectivity index (χ0n) is 4.52. The van der Waals surface area contributed by atoms with Gasteiger partial charge in [-0.05, 0) is 6.26 Å². The summed E-state index contributed by atoms with van der Waals surface area (Å²) in [5, 5.41) is 0.736. The van der Waals surface area contributed by atoms with Crippen molar-refractivity contribution in [2.75, 3.05) is 13.4 Å². The fraction of sp³-hybridized carbons (Fsp3) is 0.400. The van der Waals surface area contributed by atoms with Gasteiger partial charge in [0.05, 0.1) is 7.11 Å². The molecule has 0 aliphatic rings. The highest BCUT2D eigenvalue weighted by atomic mass is 32.2. The van der Waals surface area contributed by atoms with Gasteiger partial charge in [0, 0.05) is 0 Å². The summed E-state index contributed by atoms with van der Waals surface area (Å²) in [5.41, 5.74) is 2.61. The molecule has 0 saturated carbocycles. The Hall–Kier alpha value is -0.330. The second-order valence-corrected chi connectivity index (χ2v) is 1.65. The van der Waals surface area contributed by atoms with Crippen LogP contribution in [0.25, 0.3) is 0 Å². The minimum absolute atomic E-state index is 0.736. The van der Waals surface area contributed by atoms with Crippen molar-refractivity contribution in [3.8, 4) is 0 Å². The van der Waals surface area contributed by atoms with E-state index in [-0.39, 0.29) is 0 Å². The molecule has 0 amide bonds. The van der Waals surface area contributed by atoms with Gasteiger partial charge in [-0.2, -0.15) is 0 Å². The zero-order valence-corrected chi connectivity index (χ0v) is 5.34. The quantitative estimate of drug-likeness (QED) is 0.400. The van der Waals surface area contributed by atoms with Crippen LogP contribution in [0, 0.1) is 0 Å². The fourth-order valence-corrected chi connectivity index (χ4v) is 0.539. The van der Waals surface area contributed by atoms with Gasteiger partial charge < -0.3 is 4.74 Å². The Morgan fingerprint density at radius 2 is 2.43 bits per heavy atom. The Kier molecular flexibility index (Phi) is 3.67. The fourth-order valence-electron chi connectivity index (χ4n) is 0.228. The van der Waals surface area contributed by atoms with E-state index in [0.29, 0.717) is 0 Å². The van der Waals surface area contributed by atoms with Crippen molar-refractivity contribution < 1.29 is 4.74 Å². The number of rotatable bonds is 2. The highest BCUT2D eigenvalue weighted by molar-refractivity contribution is 8.02. The first-order valence-electron chi connectivity index (χ1n) is 1.83. The number of thioether (sulfide) groups is 1. The molecule has 0 N–H and O–H groups in total. The van der Waals surface area contributed by atoms with Crippen molar-refractivity contribution in [2.45, 2.75) is 0 Å². The molecule has 0 bridgehead atoms. The summed E-state index contributed by atoms with van der Waals surface area (Å²) in [7, 11) is 1.60. The van der Waals surface area contributed by atoms with Crippen LogP contribution in [0.1, 0.15) is 0 Å². The molecule has 0 radical (unpaired) electrons. The molecule has 0 rings (SSSR count). The molecule has 0 heterocycles. The lowest BCUT2D eigenvalue weighted by molar-refractivity contribution is 0.326. The molecule has 40 valence electrons. The van der Waals surface area contributed by atoms with E-state index in [9.17, 15) is 0 Å². The number of ether oxygens (including phenoxy) is 1. The van der Waals surface area contributed by atoms with Crippen LogP contribution < -0.4 is 0 Å². The lowest BCUT2D eigenvalue weighted by Gasteiger charge is -1.93. The molecular weight excluding hydrogens is 108 g/mol. The van der Waals surface area contributed by atoms with E-state index in [1.165, 1.54) is 11.8 Å². The van der Waals surface area contributed by atoms with Crippen LogP contribution in [0.3, 0.4) is 0 Å². The highest BCUT2D eigenvalue weighted by Gasteiger charge is 1.82. The van der Waals surface area contributed by atoms with Crippen LogP contribution in [0.15, 0.2) is 17.4 Å². The number of hydrogen-bond donors (Lipinski definition) is 0. The van der Waals surface area contributed by atoms with Gasteiger partial charge in [-0.15, -0.1) is 0 Å². The molecule has 0 spiro atoms. The first-order valence-corrected chi connectivity index (χ1v) is 3.05. The molecule has 0 aromatic rings. The third-order valence-corrected chi connectivity index (χ3v) is 1.20. The maximum atomic E-state index is 4.75.